The summed E-state index contributed by atoms with van der Waals surface area (Å²) in [7, 11) is 1.45. The molecule has 0 saturated carbocycles. The van der Waals surface area contributed by atoms with Gasteiger partial charge in [0.15, 0.2) is 11.6 Å². The minimum atomic E-state index is -0.300. The van der Waals surface area contributed by atoms with Gasteiger partial charge in [0.05, 0.1) is 7.11 Å². The first kappa shape index (κ1) is 11.7. The molecule has 1 saturated heterocycles. The summed E-state index contributed by atoms with van der Waals surface area (Å²) in [6, 6.07) is 3.24. The topological polar surface area (TPSA) is 21.3 Å². The maximum atomic E-state index is 14.0. The van der Waals surface area contributed by atoms with Crippen LogP contribution in [0.5, 0.6) is 5.75 Å². The summed E-state index contributed by atoms with van der Waals surface area (Å²) in [4.78, 5) is 0. The van der Waals surface area contributed by atoms with Crippen molar-refractivity contribution in [1.82, 2.24) is 5.32 Å². The van der Waals surface area contributed by atoms with Crippen LogP contribution in [0.4, 0.5) is 4.39 Å². The van der Waals surface area contributed by atoms with E-state index in [0.29, 0.717) is 10.6 Å². The molecule has 1 fully saturated rings. The van der Waals surface area contributed by atoms with Crippen LogP contribution >= 0.6 is 11.6 Å². The van der Waals surface area contributed by atoms with Gasteiger partial charge < -0.3 is 10.1 Å². The minimum Gasteiger partial charge on any atom is -0.494 e. The van der Waals surface area contributed by atoms with Crippen molar-refractivity contribution >= 4 is 11.6 Å². The highest BCUT2D eigenvalue weighted by atomic mass is 35.5. The van der Waals surface area contributed by atoms with Crippen molar-refractivity contribution in [2.75, 3.05) is 13.7 Å². The zero-order valence-electron chi connectivity index (χ0n) is 9.22. The van der Waals surface area contributed by atoms with Crippen LogP contribution in [0.2, 0.25) is 5.02 Å². The van der Waals surface area contributed by atoms with Crippen molar-refractivity contribution in [1.29, 1.82) is 0 Å². The van der Waals surface area contributed by atoms with E-state index in [4.69, 9.17) is 16.3 Å². The number of benzene rings is 1. The number of hydrogen-bond donors (Lipinski definition) is 1. The fraction of sp³-hybridized carbons (Fsp3) is 0.500. The van der Waals surface area contributed by atoms with Crippen LogP contribution in [-0.4, -0.2) is 13.7 Å². The molecule has 1 aromatic rings. The van der Waals surface area contributed by atoms with Crippen molar-refractivity contribution < 1.29 is 9.13 Å². The smallest absolute Gasteiger partial charge is 0.169 e. The summed E-state index contributed by atoms with van der Waals surface area (Å²) in [5, 5.41) is 3.82. The lowest BCUT2D eigenvalue weighted by molar-refractivity contribution is 0.366. The van der Waals surface area contributed by atoms with Gasteiger partial charge in [0.25, 0.3) is 0 Å². The molecule has 0 amide bonds. The maximum Gasteiger partial charge on any atom is 0.169 e. The molecule has 1 N–H and O–H groups in total. The summed E-state index contributed by atoms with van der Waals surface area (Å²) in [6.07, 6.45) is 3.21. The summed E-state index contributed by atoms with van der Waals surface area (Å²) >= 11 is 5.95. The van der Waals surface area contributed by atoms with Gasteiger partial charge in [-0.3, -0.25) is 0 Å². The molecule has 0 radical (unpaired) electrons. The third-order valence-corrected chi connectivity index (χ3v) is 3.16. The summed E-state index contributed by atoms with van der Waals surface area (Å²) in [5.74, 6) is -0.0822. The maximum absolute atomic E-state index is 14.0. The van der Waals surface area contributed by atoms with E-state index in [9.17, 15) is 4.39 Å². The van der Waals surface area contributed by atoms with Crippen molar-refractivity contribution in [3.05, 3.63) is 28.5 Å². The average molecular weight is 244 g/mol. The predicted molar refractivity (Wildman–Crippen MR) is 62.6 cm³/mol. The van der Waals surface area contributed by atoms with Crippen molar-refractivity contribution in [3.63, 3.8) is 0 Å². The summed E-state index contributed by atoms with van der Waals surface area (Å²) in [5.41, 5.74) is 0.615. The van der Waals surface area contributed by atoms with Crippen molar-refractivity contribution in [2.45, 2.75) is 25.3 Å². The molecule has 1 aliphatic heterocycles. The molecule has 16 heavy (non-hydrogen) atoms. The second kappa shape index (κ2) is 5.02. The standard InChI is InChI=1S/C12H15ClFNO/c1-16-11-7-8(13)6-9(12(11)14)10-4-2-3-5-15-10/h6-7,10,15H,2-5H2,1H3. The monoisotopic (exact) mass is 243 g/mol. The van der Waals surface area contributed by atoms with Crippen LogP contribution in [0, 0.1) is 5.82 Å². The quantitative estimate of drug-likeness (QED) is 0.861. The highest BCUT2D eigenvalue weighted by Crippen LogP contribution is 2.32. The van der Waals surface area contributed by atoms with Gasteiger partial charge in [-0.2, -0.15) is 0 Å². The number of nitrogens with one attached hydrogen (secondary N) is 1. The summed E-state index contributed by atoms with van der Waals surface area (Å²) < 4.78 is 19.0. The van der Waals surface area contributed by atoms with Crippen LogP contribution in [-0.2, 0) is 0 Å². The number of ether oxygens (including phenoxy) is 1. The Hall–Kier alpha value is -0.800. The lowest BCUT2D eigenvalue weighted by Crippen LogP contribution is -2.27. The van der Waals surface area contributed by atoms with Crippen LogP contribution in [0.3, 0.4) is 0 Å². The van der Waals surface area contributed by atoms with E-state index >= 15 is 0 Å². The van der Waals surface area contributed by atoms with Gasteiger partial charge in [0.2, 0.25) is 0 Å². The van der Waals surface area contributed by atoms with Crippen LogP contribution < -0.4 is 10.1 Å². The molecule has 88 valence electrons. The summed E-state index contributed by atoms with van der Waals surface area (Å²) in [6.45, 7) is 0.929. The molecule has 0 spiro atoms. The SMILES string of the molecule is COc1cc(Cl)cc(C2CCCCN2)c1F. The molecule has 0 aliphatic carbocycles. The Morgan fingerprint density at radius 3 is 2.88 bits per heavy atom. The molecule has 2 nitrogen and oxygen atoms in total. The number of halogens is 2. The Kier molecular flexibility index (Phi) is 3.66. The molecule has 2 rings (SSSR count). The molecule has 1 aliphatic rings. The van der Waals surface area contributed by atoms with Gasteiger partial charge in [0, 0.05) is 22.7 Å². The third kappa shape index (κ3) is 2.30. The Balaban J connectivity index is 2.34. The second-order valence-corrected chi connectivity index (χ2v) is 4.45. The van der Waals surface area contributed by atoms with E-state index in [1.54, 1.807) is 6.07 Å². The van der Waals surface area contributed by atoms with Gasteiger partial charge in [-0.1, -0.05) is 18.0 Å². The fourth-order valence-corrected chi connectivity index (χ4v) is 2.32. The van der Waals surface area contributed by atoms with E-state index in [1.165, 1.54) is 13.2 Å². The largest absolute Gasteiger partial charge is 0.494 e. The predicted octanol–water partition coefficient (Wildman–Crippen LogP) is 3.30. The first-order valence-electron chi connectivity index (χ1n) is 5.48. The molecule has 1 aromatic carbocycles. The van der Waals surface area contributed by atoms with Gasteiger partial charge in [0.1, 0.15) is 0 Å². The van der Waals surface area contributed by atoms with E-state index in [-0.39, 0.29) is 17.6 Å². The molecule has 1 heterocycles. The molecule has 0 bridgehead atoms. The molecule has 1 atom stereocenters. The van der Waals surface area contributed by atoms with Crippen molar-refractivity contribution in [2.24, 2.45) is 0 Å². The van der Waals surface area contributed by atoms with Gasteiger partial charge in [-0.25, -0.2) is 4.39 Å². The number of rotatable bonds is 2. The van der Waals surface area contributed by atoms with E-state index in [2.05, 4.69) is 5.32 Å². The number of hydrogen-bond acceptors (Lipinski definition) is 2. The van der Waals surface area contributed by atoms with Crippen LogP contribution in [0.1, 0.15) is 30.9 Å². The zero-order valence-corrected chi connectivity index (χ0v) is 9.98. The fourth-order valence-electron chi connectivity index (χ4n) is 2.10. The van der Waals surface area contributed by atoms with Crippen LogP contribution in [0.15, 0.2) is 12.1 Å². The minimum absolute atomic E-state index is 0.0568. The Morgan fingerprint density at radius 2 is 2.25 bits per heavy atom. The lowest BCUT2D eigenvalue weighted by atomic mass is 9.97. The van der Waals surface area contributed by atoms with Gasteiger partial charge in [-0.15, -0.1) is 0 Å². The third-order valence-electron chi connectivity index (χ3n) is 2.94. The van der Waals surface area contributed by atoms with Gasteiger partial charge >= 0.3 is 0 Å². The van der Waals surface area contributed by atoms with Crippen LogP contribution in [0.25, 0.3) is 0 Å². The normalized spacial score (nSPS) is 20.8. The lowest BCUT2D eigenvalue weighted by Gasteiger charge is -2.24. The molecule has 1 unspecified atom stereocenters. The highest BCUT2D eigenvalue weighted by Gasteiger charge is 2.21. The van der Waals surface area contributed by atoms with E-state index < -0.39 is 0 Å². The van der Waals surface area contributed by atoms with E-state index in [1.807, 2.05) is 0 Å². The molecule has 0 aromatic heterocycles. The highest BCUT2D eigenvalue weighted by molar-refractivity contribution is 6.30. The van der Waals surface area contributed by atoms with E-state index in [0.717, 1.165) is 25.8 Å². The van der Waals surface area contributed by atoms with Crippen molar-refractivity contribution in [3.8, 4) is 5.75 Å². The molecular weight excluding hydrogens is 229 g/mol. The number of methoxy groups -OCH3 is 1. The Bertz CT molecular complexity index is 378. The average Bonchev–Trinajstić information content (AvgIpc) is 2.33. The molecule has 4 heteroatoms. The first-order chi connectivity index (χ1) is 7.72. The number of piperidine rings is 1. The Labute approximate surface area is 99.7 Å². The first-order valence-corrected chi connectivity index (χ1v) is 5.86. The second-order valence-electron chi connectivity index (χ2n) is 4.01. The zero-order chi connectivity index (χ0) is 11.5. The molecular formula is C12H15ClFNO. The van der Waals surface area contributed by atoms with Gasteiger partial charge in [-0.05, 0) is 25.5 Å². The Morgan fingerprint density at radius 1 is 1.44 bits per heavy atom.